The van der Waals surface area contributed by atoms with Crippen LogP contribution in [0.15, 0.2) is 53.3 Å². The molecule has 0 spiro atoms. The van der Waals surface area contributed by atoms with E-state index in [1.165, 1.54) is 4.68 Å². The summed E-state index contributed by atoms with van der Waals surface area (Å²) in [6.45, 7) is 0.157. The van der Waals surface area contributed by atoms with Crippen molar-refractivity contribution in [1.82, 2.24) is 25.3 Å². The molecule has 0 fully saturated rings. The standard InChI is InChI=1S/C22H21N5O4/c1-27-22(29)15-7-5-4-6-14(15)19(26-27)12-23-21(28)18-11-17(24-25-18)16-10-13(30-2)8-9-20(16)31-3/h4-11H,12H2,1-3H3,(H,23,28)(H,24,25). The maximum atomic E-state index is 12.7. The third kappa shape index (κ3) is 3.85. The van der Waals surface area contributed by atoms with Gasteiger partial charge >= 0.3 is 0 Å². The van der Waals surface area contributed by atoms with Crippen LogP contribution in [-0.2, 0) is 13.6 Å². The number of nitrogens with one attached hydrogen (secondary N) is 2. The maximum Gasteiger partial charge on any atom is 0.274 e. The Balaban J connectivity index is 1.57. The molecule has 0 radical (unpaired) electrons. The van der Waals surface area contributed by atoms with Crippen LogP contribution >= 0.6 is 0 Å². The fraction of sp³-hybridized carbons (Fsp3) is 0.182. The predicted molar refractivity (Wildman–Crippen MR) is 115 cm³/mol. The molecule has 9 nitrogen and oxygen atoms in total. The lowest BCUT2D eigenvalue weighted by Gasteiger charge is -2.09. The molecule has 31 heavy (non-hydrogen) atoms. The van der Waals surface area contributed by atoms with E-state index in [2.05, 4.69) is 20.6 Å². The SMILES string of the molecule is COc1ccc(OC)c(-c2cc(C(=O)NCc3nn(C)c(=O)c4ccccc34)[nH]n2)c1. The minimum atomic E-state index is -0.347. The van der Waals surface area contributed by atoms with E-state index >= 15 is 0 Å². The van der Waals surface area contributed by atoms with E-state index in [0.717, 1.165) is 0 Å². The van der Waals surface area contributed by atoms with E-state index in [1.807, 2.05) is 12.1 Å². The zero-order chi connectivity index (χ0) is 22.0. The van der Waals surface area contributed by atoms with Gasteiger partial charge in [0.1, 0.15) is 17.2 Å². The van der Waals surface area contributed by atoms with Gasteiger partial charge in [-0.25, -0.2) is 4.68 Å². The molecule has 0 saturated carbocycles. The Kier molecular flexibility index (Phi) is 5.40. The molecule has 4 rings (SSSR count). The van der Waals surface area contributed by atoms with Gasteiger partial charge in [0.15, 0.2) is 0 Å². The Morgan fingerprint density at radius 3 is 2.61 bits per heavy atom. The number of aryl methyl sites for hydroxylation is 1. The lowest BCUT2D eigenvalue weighted by Crippen LogP contribution is -2.27. The van der Waals surface area contributed by atoms with Crippen molar-refractivity contribution < 1.29 is 14.3 Å². The third-order valence-electron chi connectivity index (χ3n) is 4.95. The van der Waals surface area contributed by atoms with Crippen molar-refractivity contribution in [1.29, 1.82) is 0 Å². The minimum absolute atomic E-state index is 0.157. The van der Waals surface area contributed by atoms with Gasteiger partial charge in [-0.1, -0.05) is 18.2 Å². The number of rotatable bonds is 6. The monoisotopic (exact) mass is 419 g/mol. The van der Waals surface area contributed by atoms with Crippen LogP contribution in [0, 0.1) is 0 Å². The molecule has 0 aliphatic heterocycles. The number of H-pyrrole nitrogens is 1. The number of amides is 1. The van der Waals surface area contributed by atoms with E-state index in [9.17, 15) is 9.59 Å². The molecule has 0 aliphatic carbocycles. The van der Waals surface area contributed by atoms with Gasteiger partial charge in [-0.3, -0.25) is 14.7 Å². The number of hydrogen-bond donors (Lipinski definition) is 2. The number of carbonyl (C=O) groups is 1. The quantitative estimate of drug-likeness (QED) is 0.496. The highest BCUT2D eigenvalue weighted by molar-refractivity contribution is 5.94. The lowest BCUT2D eigenvalue weighted by molar-refractivity contribution is 0.0945. The van der Waals surface area contributed by atoms with E-state index in [1.54, 1.807) is 57.7 Å². The molecular weight excluding hydrogens is 398 g/mol. The van der Waals surface area contributed by atoms with Crippen LogP contribution < -0.4 is 20.3 Å². The van der Waals surface area contributed by atoms with Crippen molar-refractivity contribution in [2.45, 2.75) is 6.54 Å². The largest absolute Gasteiger partial charge is 0.497 e. The molecule has 2 N–H and O–H groups in total. The second kappa shape index (κ2) is 8.31. The van der Waals surface area contributed by atoms with Gasteiger partial charge in [0.2, 0.25) is 0 Å². The fourth-order valence-electron chi connectivity index (χ4n) is 3.36. The molecule has 0 saturated heterocycles. The molecule has 2 aromatic heterocycles. The molecule has 4 aromatic rings. The molecule has 0 aliphatic rings. The van der Waals surface area contributed by atoms with Crippen LogP contribution in [0.1, 0.15) is 16.2 Å². The average Bonchev–Trinajstić information content (AvgIpc) is 3.30. The first-order valence-electron chi connectivity index (χ1n) is 9.52. The number of hydrogen-bond acceptors (Lipinski definition) is 6. The maximum absolute atomic E-state index is 12.7. The second-order valence-corrected chi connectivity index (χ2v) is 6.84. The van der Waals surface area contributed by atoms with Crippen LogP contribution in [0.5, 0.6) is 11.5 Å². The highest BCUT2D eigenvalue weighted by atomic mass is 16.5. The number of nitrogens with zero attached hydrogens (tertiary/aromatic N) is 3. The van der Waals surface area contributed by atoms with Gasteiger partial charge in [-0.15, -0.1) is 0 Å². The van der Waals surface area contributed by atoms with Crippen molar-refractivity contribution in [3.05, 3.63) is 70.3 Å². The molecular formula is C22H21N5O4. The molecule has 9 heteroatoms. The number of ether oxygens (including phenoxy) is 2. The molecule has 0 unspecified atom stereocenters. The van der Waals surface area contributed by atoms with Crippen LogP contribution in [0.25, 0.3) is 22.0 Å². The summed E-state index contributed by atoms with van der Waals surface area (Å²) >= 11 is 0. The number of carbonyl (C=O) groups excluding carboxylic acids is 1. The number of benzene rings is 2. The molecule has 2 aromatic carbocycles. The van der Waals surface area contributed by atoms with Gasteiger partial charge in [0.05, 0.1) is 37.5 Å². The van der Waals surface area contributed by atoms with E-state index < -0.39 is 0 Å². The average molecular weight is 419 g/mol. The number of methoxy groups -OCH3 is 2. The first-order valence-corrected chi connectivity index (χ1v) is 9.52. The molecule has 0 bridgehead atoms. The Bertz CT molecular complexity index is 1330. The third-order valence-corrected chi connectivity index (χ3v) is 4.95. The molecule has 1 amide bonds. The van der Waals surface area contributed by atoms with E-state index in [4.69, 9.17) is 9.47 Å². The lowest BCUT2D eigenvalue weighted by atomic mass is 10.1. The van der Waals surface area contributed by atoms with Crippen LogP contribution in [0.2, 0.25) is 0 Å². The van der Waals surface area contributed by atoms with E-state index in [-0.39, 0.29) is 23.7 Å². The summed E-state index contributed by atoms with van der Waals surface area (Å²) in [7, 11) is 4.73. The van der Waals surface area contributed by atoms with Gasteiger partial charge < -0.3 is 14.8 Å². The summed E-state index contributed by atoms with van der Waals surface area (Å²) in [6, 6.07) is 14.2. The van der Waals surface area contributed by atoms with Crippen molar-refractivity contribution in [2.24, 2.45) is 7.05 Å². The van der Waals surface area contributed by atoms with Crippen LogP contribution in [0.3, 0.4) is 0 Å². The Labute approximate surface area is 177 Å². The number of fused-ring (bicyclic) bond motifs is 1. The van der Waals surface area contributed by atoms with Crippen molar-refractivity contribution in [3.63, 3.8) is 0 Å². The van der Waals surface area contributed by atoms with Crippen LogP contribution in [-0.4, -0.2) is 40.1 Å². The second-order valence-electron chi connectivity index (χ2n) is 6.84. The first-order chi connectivity index (χ1) is 15.0. The Morgan fingerprint density at radius 2 is 1.87 bits per heavy atom. The van der Waals surface area contributed by atoms with Gasteiger partial charge in [0.25, 0.3) is 11.5 Å². The number of aromatic nitrogens is 4. The topological polar surface area (TPSA) is 111 Å². The molecule has 2 heterocycles. The zero-order valence-corrected chi connectivity index (χ0v) is 17.3. The zero-order valence-electron chi connectivity index (χ0n) is 17.3. The van der Waals surface area contributed by atoms with Gasteiger partial charge in [0, 0.05) is 18.0 Å². The van der Waals surface area contributed by atoms with Crippen molar-refractivity contribution in [2.75, 3.05) is 14.2 Å². The Morgan fingerprint density at radius 1 is 1.10 bits per heavy atom. The summed E-state index contributed by atoms with van der Waals surface area (Å²) in [5.74, 6) is 0.915. The minimum Gasteiger partial charge on any atom is -0.497 e. The van der Waals surface area contributed by atoms with Crippen molar-refractivity contribution in [3.8, 4) is 22.8 Å². The summed E-state index contributed by atoms with van der Waals surface area (Å²) in [5.41, 5.74) is 1.94. The number of aromatic amines is 1. The fourth-order valence-corrected chi connectivity index (χ4v) is 3.36. The van der Waals surface area contributed by atoms with E-state index in [0.29, 0.717) is 39.2 Å². The van der Waals surface area contributed by atoms with Crippen LogP contribution in [0.4, 0.5) is 0 Å². The summed E-state index contributed by atoms with van der Waals surface area (Å²) in [6.07, 6.45) is 0. The smallest absolute Gasteiger partial charge is 0.274 e. The normalized spacial score (nSPS) is 10.8. The summed E-state index contributed by atoms with van der Waals surface area (Å²) in [4.78, 5) is 24.9. The highest BCUT2D eigenvalue weighted by Crippen LogP contribution is 2.32. The molecule has 158 valence electrons. The predicted octanol–water partition coefficient (Wildman–Crippen LogP) is 2.27. The first kappa shape index (κ1) is 20.1. The van der Waals surface area contributed by atoms with Gasteiger partial charge in [-0.05, 0) is 30.3 Å². The highest BCUT2D eigenvalue weighted by Gasteiger charge is 2.16. The van der Waals surface area contributed by atoms with Crippen molar-refractivity contribution >= 4 is 16.7 Å². The van der Waals surface area contributed by atoms with Gasteiger partial charge in [-0.2, -0.15) is 10.2 Å². The summed E-state index contributed by atoms with van der Waals surface area (Å²) in [5, 5.41) is 15.4. The Hall–Kier alpha value is -4.14. The summed E-state index contributed by atoms with van der Waals surface area (Å²) < 4.78 is 11.9. The molecule has 0 atom stereocenters.